The Morgan fingerprint density at radius 1 is 0.963 bits per heavy atom. The Morgan fingerprint density at radius 3 is 1.89 bits per heavy atom. The van der Waals surface area contributed by atoms with Gasteiger partial charge in [-0.05, 0) is 72.8 Å². The number of rotatable bonds is 11. The Kier molecular flexibility index (Phi) is 8.33. The van der Waals surface area contributed by atoms with Crippen molar-refractivity contribution in [1.29, 1.82) is 0 Å². The van der Waals surface area contributed by atoms with Crippen molar-refractivity contribution in [3.63, 3.8) is 0 Å². The van der Waals surface area contributed by atoms with E-state index in [1.807, 2.05) is 6.92 Å². The molecule has 1 atom stereocenters. The van der Waals surface area contributed by atoms with Crippen LogP contribution in [0.4, 0.5) is 0 Å². The standard InChI is InChI=1S/C22H41NO4/c1-7-22(19(26)27,14-12-10-8-9-11-13-18(24)25)17-15-20(2,3)23(6)21(4,5)16-17/h17H,7-16H2,1-6H3,(H,24,25)(H,26,27). The molecule has 1 rings (SSSR count). The minimum absolute atomic E-state index is 0.0148. The number of hydrogen-bond acceptors (Lipinski definition) is 3. The van der Waals surface area contributed by atoms with Gasteiger partial charge in [0.15, 0.2) is 0 Å². The van der Waals surface area contributed by atoms with Crippen LogP contribution in [0.1, 0.15) is 98.8 Å². The Bertz CT molecular complexity index is 496. The highest BCUT2D eigenvalue weighted by Gasteiger charge is 2.52. The van der Waals surface area contributed by atoms with Crippen LogP contribution in [0.5, 0.6) is 0 Å². The molecule has 0 spiro atoms. The van der Waals surface area contributed by atoms with Crippen molar-refractivity contribution in [2.45, 2.75) is 110 Å². The molecule has 1 fully saturated rings. The molecular formula is C22H41NO4. The molecule has 0 aromatic heterocycles. The molecule has 1 aliphatic rings. The van der Waals surface area contributed by atoms with Crippen LogP contribution < -0.4 is 0 Å². The lowest BCUT2D eigenvalue weighted by Gasteiger charge is -2.57. The normalized spacial score (nSPS) is 22.3. The van der Waals surface area contributed by atoms with Crippen LogP contribution in [0.2, 0.25) is 0 Å². The summed E-state index contributed by atoms with van der Waals surface area (Å²) in [5.74, 6) is -1.20. The van der Waals surface area contributed by atoms with E-state index in [1.165, 1.54) is 0 Å². The van der Waals surface area contributed by atoms with Crippen LogP contribution >= 0.6 is 0 Å². The van der Waals surface area contributed by atoms with Gasteiger partial charge in [0.05, 0.1) is 5.41 Å². The van der Waals surface area contributed by atoms with E-state index < -0.39 is 17.4 Å². The summed E-state index contributed by atoms with van der Waals surface area (Å²) in [6.07, 6.45) is 7.92. The van der Waals surface area contributed by atoms with Gasteiger partial charge in [0.1, 0.15) is 0 Å². The van der Waals surface area contributed by atoms with Crippen LogP contribution in [0.3, 0.4) is 0 Å². The summed E-state index contributed by atoms with van der Waals surface area (Å²) in [7, 11) is 2.15. The first-order chi connectivity index (χ1) is 12.4. The summed E-state index contributed by atoms with van der Waals surface area (Å²) >= 11 is 0. The first-order valence-corrected chi connectivity index (χ1v) is 10.6. The van der Waals surface area contributed by atoms with Gasteiger partial charge in [0.25, 0.3) is 0 Å². The van der Waals surface area contributed by atoms with E-state index in [4.69, 9.17) is 5.11 Å². The number of carboxylic acid groups (broad SMARTS) is 2. The predicted octanol–water partition coefficient (Wildman–Crippen LogP) is 5.18. The van der Waals surface area contributed by atoms with Gasteiger partial charge in [-0.1, -0.05) is 32.6 Å². The fourth-order valence-corrected chi connectivity index (χ4v) is 5.11. The molecule has 5 nitrogen and oxygen atoms in total. The van der Waals surface area contributed by atoms with Crippen LogP contribution in [-0.4, -0.2) is 45.2 Å². The number of nitrogens with zero attached hydrogens (tertiary/aromatic N) is 1. The molecule has 0 aliphatic carbocycles. The van der Waals surface area contributed by atoms with Crippen molar-refractivity contribution >= 4 is 11.9 Å². The zero-order chi connectivity index (χ0) is 20.9. The second kappa shape index (κ2) is 9.40. The van der Waals surface area contributed by atoms with Gasteiger partial charge in [-0.25, -0.2) is 0 Å². The number of piperidine rings is 1. The van der Waals surface area contributed by atoms with Crippen LogP contribution in [0.25, 0.3) is 0 Å². The SMILES string of the molecule is CCC(CCCCCCCC(=O)O)(C(=O)O)C1CC(C)(C)N(C)C(C)(C)C1. The third-order valence-corrected chi connectivity index (χ3v) is 7.16. The minimum Gasteiger partial charge on any atom is -0.481 e. The number of carbonyl (C=O) groups is 2. The fourth-order valence-electron chi connectivity index (χ4n) is 5.11. The monoisotopic (exact) mass is 383 g/mol. The second-order valence-corrected chi connectivity index (χ2v) is 9.77. The molecule has 0 aromatic rings. The summed E-state index contributed by atoms with van der Waals surface area (Å²) in [6.45, 7) is 10.9. The first-order valence-electron chi connectivity index (χ1n) is 10.6. The number of likely N-dealkylation sites (tertiary alicyclic amines) is 1. The average Bonchev–Trinajstić information content (AvgIpc) is 2.54. The summed E-state index contributed by atoms with van der Waals surface area (Å²) in [6, 6.07) is 0. The number of unbranched alkanes of at least 4 members (excludes halogenated alkanes) is 4. The molecule has 1 unspecified atom stereocenters. The molecule has 158 valence electrons. The third kappa shape index (κ3) is 5.94. The van der Waals surface area contributed by atoms with E-state index in [0.717, 1.165) is 44.9 Å². The summed E-state index contributed by atoms with van der Waals surface area (Å²) < 4.78 is 0. The highest BCUT2D eigenvalue weighted by molar-refractivity contribution is 5.75. The highest BCUT2D eigenvalue weighted by Crippen LogP contribution is 2.51. The van der Waals surface area contributed by atoms with Gasteiger partial charge >= 0.3 is 11.9 Å². The van der Waals surface area contributed by atoms with Gasteiger partial charge < -0.3 is 10.2 Å². The zero-order valence-electron chi connectivity index (χ0n) is 18.3. The fraction of sp³-hybridized carbons (Fsp3) is 0.909. The maximum atomic E-state index is 12.4. The van der Waals surface area contributed by atoms with Crippen molar-refractivity contribution in [1.82, 2.24) is 4.90 Å². The van der Waals surface area contributed by atoms with Crippen LogP contribution in [-0.2, 0) is 9.59 Å². The molecule has 2 N–H and O–H groups in total. The minimum atomic E-state index is -0.738. The van der Waals surface area contributed by atoms with Gasteiger partial charge in [-0.3, -0.25) is 14.5 Å². The van der Waals surface area contributed by atoms with Crippen molar-refractivity contribution < 1.29 is 19.8 Å². The third-order valence-electron chi connectivity index (χ3n) is 7.16. The largest absolute Gasteiger partial charge is 0.481 e. The second-order valence-electron chi connectivity index (χ2n) is 9.77. The lowest BCUT2D eigenvalue weighted by atomic mass is 9.60. The van der Waals surface area contributed by atoms with Gasteiger partial charge in [0.2, 0.25) is 0 Å². The van der Waals surface area contributed by atoms with E-state index in [0.29, 0.717) is 12.8 Å². The summed E-state index contributed by atoms with van der Waals surface area (Å²) in [5.41, 5.74) is -0.685. The van der Waals surface area contributed by atoms with E-state index in [-0.39, 0.29) is 23.4 Å². The zero-order valence-corrected chi connectivity index (χ0v) is 18.3. The van der Waals surface area contributed by atoms with E-state index >= 15 is 0 Å². The van der Waals surface area contributed by atoms with Crippen LogP contribution in [0.15, 0.2) is 0 Å². The van der Waals surface area contributed by atoms with Crippen molar-refractivity contribution in [3.8, 4) is 0 Å². The molecular weight excluding hydrogens is 342 g/mol. The smallest absolute Gasteiger partial charge is 0.309 e. The maximum absolute atomic E-state index is 12.4. The first kappa shape index (κ1) is 23.9. The molecule has 1 saturated heterocycles. The molecule has 0 amide bonds. The van der Waals surface area contributed by atoms with Gasteiger partial charge in [0, 0.05) is 17.5 Å². The molecule has 0 radical (unpaired) electrons. The molecule has 0 saturated carbocycles. The number of aliphatic carboxylic acids is 2. The highest BCUT2D eigenvalue weighted by atomic mass is 16.4. The molecule has 1 heterocycles. The van der Waals surface area contributed by atoms with E-state index in [2.05, 4.69) is 39.6 Å². The Balaban J connectivity index is 2.76. The molecule has 0 aromatic carbocycles. The van der Waals surface area contributed by atoms with Crippen molar-refractivity contribution in [2.24, 2.45) is 11.3 Å². The molecule has 27 heavy (non-hydrogen) atoms. The van der Waals surface area contributed by atoms with Gasteiger partial charge in [-0.2, -0.15) is 0 Å². The van der Waals surface area contributed by atoms with Crippen molar-refractivity contribution in [2.75, 3.05) is 7.05 Å². The Hall–Kier alpha value is -1.10. The Labute approximate surface area is 165 Å². The van der Waals surface area contributed by atoms with E-state index in [1.54, 1.807) is 0 Å². The summed E-state index contributed by atoms with van der Waals surface area (Å²) in [4.78, 5) is 25.4. The maximum Gasteiger partial charge on any atom is 0.309 e. The lowest BCUT2D eigenvalue weighted by Crippen LogP contribution is -2.61. The number of hydrogen-bond donors (Lipinski definition) is 2. The van der Waals surface area contributed by atoms with E-state index in [9.17, 15) is 14.7 Å². The average molecular weight is 384 g/mol. The molecule has 1 aliphatic heterocycles. The Morgan fingerprint density at radius 2 is 1.44 bits per heavy atom. The molecule has 0 bridgehead atoms. The predicted molar refractivity (Wildman–Crippen MR) is 109 cm³/mol. The lowest BCUT2D eigenvalue weighted by molar-refractivity contribution is -0.160. The van der Waals surface area contributed by atoms with Crippen molar-refractivity contribution in [3.05, 3.63) is 0 Å². The number of carboxylic acids is 2. The van der Waals surface area contributed by atoms with Gasteiger partial charge in [-0.15, -0.1) is 0 Å². The summed E-state index contributed by atoms with van der Waals surface area (Å²) in [5, 5.41) is 18.9. The van der Waals surface area contributed by atoms with Crippen LogP contribution in [0, 0.1) is 11.3 Å². The molecule has 5 heteroatoms. The topological polar surface area (TPSA) is 77.8 Å². The quantitative estimate of drug-likeness (QED) is 0.481.